The number of furan rings is 1. The Morgan fingerprint density at radius 1 is 0.456 bits per heavy atom. The highest BCUT2D eigenvalue weighted by atomic mass is 16.3. The van der Waals surface area contributed by atoms with Crippen molar-refractivity contribution in [3.05, 3.63) is 192 Å². The summed E-state index contributed by atoms with van der Waals surface area (Å²) in [6.07, 6.45) is 0. The molecule has 0 unspecified atom stereocenters. The SMILES string of the molecule is Cc1cc2c3c(c1)-n1c4c(cccc4c4oc5ccccc5c41)B3c1ccc(N(c3ccc(C(C)(C)C)cc3)c3ccc(C(C)(C)C)cc3)cc1N2c1ccc(C(C)(C)C)cc1-c1ccccc1. The first kappa shape index (κ1) is 42.1. The summed E-state index contributed by atoms with van der Waals surface area (Å²) in [5, 5.41) is 2.28. The largest absolute Gasteiger partial charge is 0.454 e. The summed E-state index contributed by atoms with van der Waals surface area (Å²) in [5.41, 5.74) is 23.7. The van der Waals surface area contributed by atoms with Gasteiger partial charge in [0, 0.05) is 50.5 Å². The average molecular weight is 884 g/mol. The Morgan fingerprint density at radius 3 is 1.71 bits per heavy atom. The maximum atomic E-state index is 6.80. The predicted molar refractivity (Wildman–Crippen MR) is 291 cm³/mol. The molecule has 2 aliphatic heterocycles. The number of fused-ring (bicyclic) bond motifs is 9. The van der Waals surface area contributed by atoms with Gasteiger partial charge in [0.15, 0.2) is 5.58 Å². The van der Waals surface area contributed by atoms with E-state index >= 15 is 0 Å². The molecule has 2 aromatic heterocycles. The molecule has 4 nitrogen and oxygen atoms in total. The van der Waals surface area contributed by atoms with Crippen LogP contribution in [0.3, 0.4) is 0 Å². The maximum Gasteiger partial charge on any atom is 0.252 e. The zero-order chi connectivity index (χ0) is 47.0. The van der Waals surface area contributed by atoms with Crippen LogP contribution in [0, 0.1) is 6.92 Å². The molecular formula is C63H58BN3O. The minimum atomic E-state index is -0.0452. The van der Waals surface area contributed by atoms with Gasteiger partial charge in [-0.15, -0.1) is 0 Å². The molecule has 0 aliphatic carbocycles. The number of aryl methyl sites for hydroxylation is 1. The highest BCUT2D eigenvalue weighted by Crippen LogP contribution is 2.49. The molecule has 0 amide bonds. The van der Waals surface area contributed by atoms with E-state index in [4.69, 9.17) is 4.42 Å². The highest BCUT2D eigenvalue weighted by Gasteiger charge is 2.43. The monoisotopic (exact) mass is 883 g/mol. The second-order valence-electron chi connectivity index (χ2n) is 22.4. The van der Waals surface area contributed by atoms with E-state index in [0.717, 1.165) is 50.2 Å². The number of rotatable bonds is 5. The highest BCUT2D eigenvalue weighted by molar-refractivity contribution is 7.00. The van der Waals surface area contributed by atoms with Crippen molar-refractivity contribution in [2.75, 3.05) is 9.80 Å². The third-order valence-electron chi connectivity index (χ3n) is 14.7. The number of nitrogens with zero attached hydrogens (tertiary/aromatic N) is 3. The second kappa shape index (κ2) is 14.9. The zero-order valence-electron chi connectivity index (χ0n) is 41.0. The molecule has 0 N–H and O–H groups in total. The van der Waals surface area contributed by atoms with Gasteiger partial charge in [-0.3, -0.25) is 0 Å². The van der Waals surface area contributed by atoms with Gasteiger partial charge in [0.1, 0.15) is 11.1 Å². The first-order valence-electron chi connectivity index (χ1n) is 24.3. The minimum Gasteiger partial charge on any atom is -0.454 e. The fraction of sp³-hybridized carbons (Fsp3) is 0.206. The summed E-state index contributed by atoms with van der Waals surface area (Å²) in [6.45, 7) is 22.9. The molecule has 0 spiro atoms. The molecule has 334 valence electrons. The Balaban J connectivity index is 1.17. The van der Waals surface area contributed by atoms with Crippen molar-refractivity contribution in [3.8, 4) is 16.8 Å². The molecule has 0 bridgehead atoms. The van der Waals surface area contributed by atoms with Crippen molar-refractivity contribution in [2.45, 2.75) is 85.5 Å². The van der Waals surface area contributed by atoms with Gasteiger partial charge in [0.05, 0.1) is 11.2 Å². The van der Waals surface area contributed by atoms with Gasteiger partial charge in [-0.1, -0.05) is 153 Å². The van der Waals surface area contributed by atoms with Gasteiger partial charge in [-0.05, 0) is 146 Å². The smallest absolute Gasteiger partial charge is 0.252 e. The number of hydrogen-bond donors (Lipinski definition) is 0. The third kappa shape index (κ3) is 6.49. The normalized spacial score (nSPS) is 13.4. The molecule has 0 atom stereocenters. The van der Waals surface area contributed by atoms with Crippen LogP contribution >= 0.6 is 0 Å². The molecule has 4 heterocycles. The van der Waals surface area contributed by atoms with Gasteiger partial charge < -0.3 is 18.8 Å². The van der Waals surface area contributed by atoms with Crippen LogP contribution in [0.2, 0.25) is 0 Å². The molecule has 0 fully saturated rings. The standard InChI is InChI=1S/C63H58BN3O/c1-39-35-54-57-55(36-39)67-58-48(60-59(67)47-19-14-15-22-56(47)68-60)20-16-21-51(58)64(57)50-33-32-46(38-53(50)66(54)52-34-27-43(63(8,9)10)37-49(52)40-17-12-11-13-18-40)65(44-28-23-41(24-29-44)61(2,3)4)45-30-25-42(26-31-45)62(5,6)7/h11-38H,1-10H3. The molecule has 5 heteroatoms. The van der Waals surface area contributed by atoms with Crippen LogP contribution < -0.4 is 26.2 Å². The lowest BCUT2D eigenvalue weighted by Crippen LogP contribution is -2.60. The molecule has 12 rings (SSSR count). The van der Waals surface area contributed by atoms with E-state index in [1.807, 2.05) is 0 Å². The van der Waals surface area contributed by atoms with Crippen molar-refractivity contribution in [3.63, 3.8) is 0 Å². The maximum absolute atomic E-state index is 6.80. The number of benzene rings is 8. The van der Waals surface area contributed by atoms with Gasteiger partial charge in [0.25, 0.3) is 6.71 Å². The Labute approximate surface area is 401 Å². The van der Waals surface area contributed by atoms with Crippen LogP contribution in [-0.4, -0.2) is 11.3 Å². The van der Waals surface area contributed by atoms with Crippen LogP contribution in [0.15, 0.2) is 174 Å². The van der Waals surface area contributed by atoms with Crippen LogP contribution in [0.25, 0.3) is 49.8 Å². The average Bonchev–Trinajstić information content (AvgIpc) is 3.85. The topological polar surface area (TPSA) is 24.6 Å². The van der Waals surface area contributed by atoms with E-state index in [1.54, 1.807) is 0 Å². The van der Waals surface area contributed by atoms with E-state index in [2.05, 4.69) is 253 Å². The van der Waals surface area contributed by atoms with E-state index in [1.165, 1.54) is 72.3 Å². The Morgan fingerprint density at radius 2 is 1.04 bits per heavy atom. The van der Waals surface area contributed by atoms with Crippen molar-refractivity contribution < 1.29 is 4.42 Å². The van der Waals surface area contributed by atoms with E-state index < -0.39 is 0 Å². The number of anilines is 6. The summed E-state index contributed by atoms with van der Waals surface area (Å²) in [4.78, 5) is 5.04. The van der Waals surface area contributed by atoms with Crippen molar-refractivity contribution in [1.82, 2.24) is 4.57 Å². The van der Waals surface area contributed by atoms with Crippen LogP contribution in [0.1, 0.15) is 84.6 Å². The Kier molecular flexibility index (Phi) is 9.22. The lowest BCUT2D eigenvalue weighted by Gasteiger charge is -2.42. The molecule has 2 aliphatic rings. The van der Waals surface area contributed by atoms with Crippen LogP contribution in [0.5, 0.6) is 0 Å². The van der Waals surface area contributed by atoms with Crippen molar-refractivity contribution in [2.24, 2.45) is 0 Å². The van der Waals surface area contributed by atoms with Crippen molar-refractivity contribution in [1.29, 1.82) is 0 Å². The zero-order valence-corrected chi connectivity index (χ0v) is 41.0. The van der Waals surface area contributed by atoms with E-state index in [0.29, 0.717) is 0 Å². The summed E-state index contributed by atoms with van der Waals surface area (Å²) < 4.78 is 9.32. The molecular weight excluding hydrogens is 826 g/mol. The Bertz CT molecular complexity index is 3570. The van der Waals surface area contributed by atoms with E-state index in [-0.39, 0.29) is 23.0 Å². The number of para-hydroxylation sites is 2. The fourth-order valence-corrected chi connectivity index (χ4v) is 11.1. The van der Waals surface area contributed by atoms with Crippen molar-refractivity contribution >= 4 is 90.2 Å². The van der Waals surface area contributed by atoms with Gasteiger partial charge in [0.2, 0.25) is 0 Å². The first-order chi connectivity index (χ1) is 32.5. The summed E-state index contributed by atoms with van der Waals surface area (Å²) in [5.74, 6) is 0. The Hall–Kier alpha value is -7.24. The fourth-order valence-electron chi connectivity index (χ4n) is 11.1. The lowest BCUT2D eigenvalue weighted by molar-refractivity contribution is 0.590. The van der Waals surface area contributed by atoms with Gasteiger partial charge >= 0.3 is 0 Å². The van der Waals surface area contributed by atoms with Gasteiger partial charge in [-0.2, -0.15) is 0 Å². The van der Waals surface area contributed by atoms with Crippen LogP contribution in [0.4, 0.5) is 34.1 Å². The quantitative estimate of drug-likeness (QED) is 0.161. The molecule has 0 saturated heterocycles. The molecule has 8 aromatic carbocycles. The summed E-state index contributed by atoms with van der Waals surface area (Å²) >= 11 is 0. The molecule has 68 heavy (non-hydrogen) atoms. The van der Waals surface area contributed by atoms with Gasteiger partial charge in [-0.25, -0.2) is 0 Å². The summed E-state index contributed by atoms with van der Waals surface area (Å²) in [7, 11) is 0. The molecule has 10 aromatic rings. The molecule has 0 radical (unpaired) electrons. The third-order valence-corrected chi connectivity index (χ3v) is 14.7. The summed E-state index contributed by atoms with van der Waals surface area (Å²) in [6, 6.07) is 64.0. The predicted octanol–water partition coefficient (Wildman–Crippen LogP) is 15.5. The first-order valence-corrected chi connectivity index (χ1v) is 24.3. The second-order valence-corrected chi connectivity index (χ2v) is 22.4. The lowest BCUT2D eigenvalue weighted by atomic mass is 9.33. The van der Waals surface area contributed by atoms with E-state index in [9.17, 15) is 0 Å². The molecule has 0 saturated carbocycles. The minimum absolute atomic E-state index is 0.0259. The van der Waals surface area contributed by atoms with Crippen LogP contribution in [-0.2, 0) is 16.2 Å². The number of hydrogen-bond acceptors (Lipinski definition) is 3. The number of aromatic nitrogens is 1.